The van der Waals surface area contributed by atoms with Crippen LogP contribution >= 0.6 is 0 Å². The maximum Gasteiger partial charge on any atom is 0.132 e. The number of Topliss-reactive ketones (excluding diaryl/α,β-unsaturated/α-hetero) is 1. The number of hydrogen-bond donors (Lipinski definition) is 2. The van der Waals surface area contributed by atoms with Crippen molar-refractivity contribution in [3.05, 3.63) is 0 Å². The third-order valence-electron chi connectivity index (χ3n) is 4.67. The molecule has 0 aromatic rings. The van der Waals surface area contributed by atoms with Crippen molar-refractivity contribution in [3.63, 3.8) is 0 Å². The Morgan fingerprint density at radius 3 is 1.77 bits per heavy atom. The molecule has 22 heavy (non-hydrogen) atoms. The molecular formula is C19H38O3. The van der Waals surface area contributed by atoms with Crippen LogP contribution < -0.4 is 0 Å². The topological polar surface area (TPSA) is 57.5 Å². The van der Waals surface area contributed by atoms with E-state index >= 15 is 0 Å². The van der Waals surface area contributed by atoms with Gasteiger partial charge in [-0.3, -0.25) is 4.79 Å². The molecule has 132 valence electrons. The molecule has 0 aliphatic rings. The smallest absolute Gasteiger partial charge is 0.132 e. The number of carbonyl (C=O) groups is 1. The number of carbonyl (C=O) groups excluding carboxylic acids is 1. The second-order valence-electron chi connectivity index (χ2n) is 8.23. The molecule has 3 heteroatoms. The summed E-state index contributed by atoms with van der Waals surface area (Å²) in [5.74, 6) is 0.387. The summed E-state index contributed by atoms with van der Waals surface area (Å²) >= 11 is 0. The van der Waals surface area contributed by atoms with Crippen LogP contribution in [-0.2, 0) is 4.79 Å². The number of hydrogen-bond acceptors (Lipinski definition) is 3. The molecule has 0 atom stereocenters. The van der Waals surface area contributed by atoms with Gasteiger partial charge >= 0.3 is 0 Å². The van der Waals surface area contributed by atoms with Gasteiger partial charge < -0.3 is 10.2 Å². The minimum absolute atomic E-state index is 0.189. The largest absolute Gasteiger partial charge is 0.396 e. The third kappa shape index (κ3) is 12.2. The second kappa shape index (κ2) is 11.2. The predicted octanol–water partition coefficient (Wildman–Crippen LogP) is 4.49. The molecule has 0 aromatic heterocycles. The summed E-state index contributed by atoms with van der Waals surface area (Å²) in [6, 6.07) is 0. The van der Waals surface area contributed by atoms with Crippen LogP contribution in [0.1, 0.15) is 91.9 Å². The van der Waals surface area contributed by atoms with Gasteiger partial charge in [-0.25, -0.2) is 0 Å². The summed E-state index contributed by atoms with van der Waals surface area (Å²) in [6.45, 7) is 9.30. The number of aliphatic hydroxyl groups excluding tert-OH is 2. The molecule has 3 nitrogen and oxygen atoms in total. The van der Waals surface area contributed by atoms with Gasteiger partial charge in [0.25, 0.3) is 0 Å². The number of rotatable bonds is 14. The minimum Gasteiger partial charge on any atom is -0.396 e. The highest BCUT2D eigenvalue weighted by atomic mass is 16.3. The van der Waals surface area contributed by atoms with E-state index < -0.39 is 0 Å². The summed E-state index contributed by atoms with van der Waals surface area (Å²) in [4.78, 5) is 11.9. The first-order valence-corrected chi connectivity index (χ1v) is 8.96. The Hall–Kier alpha value is -0.410. The molecule has 0 saturated heterocycles. The maximum absolute atomic E-state index is 11.9. The molecule has 0 saturated carbocycles. The van der Waals surface area contributed by atoms with E-state index in [-0.39, 0.29) is 24.0 Å². The minimum atomic E-state index is 0.189. The van der Waals surface area contributed by atoms with E-state index in [4.69, 9.17) is 10.2 Å². The van der Waals surface area contributed by atoms with Gasteiger partial charge in [-0.1, -0.05) is 34.1 Å². The van der Waals surface area contributed by atoms with Crippen LogP contribution in [0, 0.1) is 10.8 Å². The van der Waals surface area contributed by atoms with Crippen molar-refractivity contribution in [1.29, 1.82) is 0 Å². The summed E-state index contributed by atoms with van der Waals surface area (Å²) < 4.78 is 0. The molecule has 0 bridgehead atoms. The first-order valence-electron chi connectivity index (χ1n) is 8.96. The number of unbranched alkanes of at least 4 members (excludes halogenated alkanes) is 1. The van der Waals surface area contributed by atoms with Gasteiger partial charge in [-0.05, 0) is 55.8 Å². The van der Waals surface area contributed by atoms with E-state index in [9.17, 15) is 4.79 Å². The zero-order valence-electron chi connectivity index (χ0n) is 15.3. The van der Waals surface area contributed by atoms with E-state index in [1.54, 1.807) is 0 Å². The Bertz CT molecular complexity index is 295. The molecule has 0 aliphatic heterocycles. The fourth-order valence-corrected chi connectivity index (χ4v) is 2.93. The fraction of sp³-hybridized carbons (Fsp3) is 0.947. The Kier molecular flexibility index (Phi) is 11.0. The SMILES string of the molecule is CC(C)(CCO)CCCCC(=O)CCCC(C)(C)CCCO. The highest BCUT2D eigenvalue weighted by molar-refractivity contribution is 5.78. The summed E-state index contributed by atoms with van der Waals surface area (Å²) in [5, 5.41) is 17.9. The second-order valence-corrected chi connectivity index (χ2v) is 8.23. The first-order chi connectivity index (χ1) is 10.2. The lowest BCUT2D eigenvalue weighted by atomic mass is 9.82. The van der Waals surface area contributed by atoms with Crippen LogP contribution in [0.25, 0.3) is 0 Å². The summed E-state index contributed by atoms with van der Waals surface area (Å²) in [5.41, 5.74) is 0.422. The van der Waals surface area contributed by atoms with Crippen molar-refractivity contribution >= 4 is 5.78 Å². The van der Waals surface area contributed by atoms with E-state index in [0.29, 0.717) is 18.6 Å². The van der Waals surface area contributed by atoms with Crippen LogP contribution in [0.4, 0.5) is 0 Å². The van der Waals surface area contributed by atoms with Crippen molar-refractivity contribution in [2.45, 2.75) is 91.9 Å². The van der Waals surface area contributed by atoms with Gasteiger partial charge in [0.15, 0.2) is 0 Å². The summed E-state index contributed by atoms with van der Waals surface area (Å²) in [7, 11) is 0. The maximum atomic E-state index is 11.9. The van der Waals surface area contributed by atoms with E-state index in [1.165, 1.54) is 0 Å². The van der Waals surface area contributed by atoms with Gasteiger partial charge in [0, 0.05) is 26.1 Å². The van der Waals surface area contributed by atoms with E-state index in [1.807, 2.05) is 0 Å². The Labute approximate surface area is 137 Å². The highest BCUT2D eigenvalue weighted by Crippen LogP contribution is 2.29. The molecule has 0 unspecified atom stereocenters. The third-order valence-corrected chi connectivity index (χ3v) is 4.67. The molecular weight excluding hydrogens is 276 g/mol. The van der Waals surface area contributed by atoms with Crippen molar-refractivity contribution in [2.24, 2.45) is 10.8 Å². The fourth-order valence-electron chi connectivity index (χ4n) is 2.93. The predicted molar refractivity (Wildman–Crippen MR) is 92.9 cm³/mol. The van der Waals surface area contributed by atoms with Crippen molar-refractivity contribution in [2.75, 3.05) is 13.2 Å². The molecule has 0 fully saturated rings. The Balaban J connectivity index is 3.70. The Morgan fingerprint density at radius 1 is 0.682 bits per heavy atom. The van der Waals surface area contributed by atoms with Crippen LogP contribution in [-0.4, -0.2) is 29.2 Å². The standard InChI is InChI=1S/C19H38O3/c1-18(2,13-8-15-20)12-7-10-17(22)9-5-6-11-19(3,4)14-16-21/h20-21H,5-16H2,1-4H3. The summed E-state index contributed by atoms with van der Waals surface area (Å²) in [6.07, 6.45) is 9.26. The average molecular weight is 315 g/mol. The van der Waals surface area contributed by atoms with E-state index in [0.717, 1.165) is 51.4 Å². The lowest BCUT2D eigenvalue weighted by Gasteiger charge is -2.24. The molecule has 0 amide bonds. The zero-order valence-corrected chi connectivity index (χ0v) is 15.3. The van der Waals surface area contributed by atoms with Gasteiger partial charge in [-0.15, -0.1) is 0 Å². The van der Waals surface area contributed by atoms with Gasteiger partial charge in [0.2, 0.25) is 0 Å². The lowest BCUT2D eigenvalue weighted by Crippen LogP contribution is -2.14. The molecule has 0 aliphatic carbocycles. The van der Waals surface area contributed by atoms with Gasteiger partial charge in [0.1, 0.15) is 5.78 Å². The zero-order chi connectivity index (χ0) is 17.1. The number of aliphatic hydroxyl groups is 2. The Morgan fingerprint density at radius 2 is 1.18 bits per heavy atom. The molecule has 0 radical (unpaired) electrons. The van der Waals surface area contributed by atoms with Gasteiger partial charge in [0.05, 0.1) is 0 Å². The molecule has 0 rings (SSSR count). The average Bonchev–Trinajstić information content (AvgIpc) is 2.41. The van der Waals surface area contributed by atoms with Crippen LogP contribution in [0.15, 0.2) is 0 Å². The van der Waals surface area contributed by atoms with Crippen LogP contribution in [0.5, 0.6) is 0 Å². The van der Waals surface area contributed by atoms with Gasteiger partial charge in [-0.2, -0.15) is 0 Å². The molecule has 2 N–H and O–H groups in total. The molecule has 0 aromatic carbocycles. The normalized spacial score (nSPS) is 12.6. The monoisotopic (exact) mass is 314 g/mol. The van der Waals surface area contributed by atoms with Crippen LogP contribution in [0.3, 0.4) is 0 Å². The first kappa shape index (κ1) is 21.6. The van der Waals surface area contributed by atoms with E-state index in [2.05, 4.69) is 27.7 Å². The number of ketones is 1. The van der Waals surface area contributed by atoms with Crippen LogP contribution in [0.2, 0.25) is 0 Å². The van der Waals surface area contributed by atoms with Crippen molar-refractivity contribution < 1.29 is 15.0 Å². The van der Waals surface area contributed by atoms with Crippen molar-refractivity contribution in [3.8, 4) is 0 Å². The highest BCUT2D eigenvalue weighted by Gasteiger charge is 2.18. The quantitative estimate of drug-likeness (QED) is 0.464. The lowest BCUT2D eigenvalue weighted by molar-refractivity contribution is -0.119. The molecule has 0 spiro atoms. The molecule has 0 heterocycles. The van der Waals surface area contributed by atoms with Crippen molar-refractivity contribution in [1.82, 2.24) is 0 Å².